The molecule has 1 N–H and O–H groups in total. The van der Waals surface area contributed by atoms with Crippen LogP contribution in [-0.4, -0.2) is 33.0 Å². The van der Waals surface area contributed by atoms with Crippen LogP contribution in [0.25, 0.3) is 11.4 Å². The fraction of sp³-hybridized carbons (Fsp3) is 0.318. The van der Waals surface area contributed by atoms with Crippen LogP contribution >= 0.6 is 0 Å². The molecule has 1 aliphatic heterocycles. The van der Waals surface area contributed by atoms with Crippen molar-refractivity contribution in [2.45, 2.75) is 32.9 Å². The minimum atomic E-state index is -0.0585. The maximum atomic E-state index is 12.6. The van der Waals surface area contributed by atoms with Crippen molar-refractivity contribution < 1.29 is 4.74 Å². The molecule has 3 heterocycles. The normalized spacial score (nSPS) is 13.9. The minimum absolute atomic E-state index is 0.0585. The molecule has 0 saturated carbocycles. The molecule has 0 fully saturated rings. The van der Waals surface area contributed by atoms with Gasteiger partial charge in [-0.05, 0) is 36.2 Å². The number of nitrogens with one attached hydrogen (secondary N) is 1. The van der Waals surface area contributed by atoms with Crippen molar-refractivity contribution in [3.63, 3.8) is 0 Å². The summed E-state index contributed by atoms with van der Waals surface area (Å²) in [4.78, 5) is 26.6. The standard InChI is InChI=1S/C22H24N4O2/c1-2-12-28-18-7-5-16(6-8-18)14-26-11-9-20-19(15-26)22(27)25-21(24-20)17-4-3-10-23-13-17/h3-8,10,13H,2,9,11-12,14-15H2,1H3,(H,24,25,27). The molecular formula is C22H24N4O2. The second kappa shape index (κ2) is 8.35. The van der Waals surface area contributed by atoms with E-state index in [-0.39, 0.29) is 5.56 Å². The summed E-state index contributed by atoms with van der Waals surface area (Å²) in [6.45, 7) is 5.12. The van der Waals surface area contributed by atoms with Crippen LogP contribution in [0, 0.1) is 0 Å². The van der Waals surface area contributed by atoms with E-state index in [9.17, 15) is 4.79 Å². The lowest BCUT2D eigenvalue weighted by atomic mass is 10.1. The summed E-state index contributed by atoms with van der Waals surface area (Å²) in [5.41, 5.74) is 3.64. The quantitative estimate of drug-likeness (QED) is 0.715. The number of rotatable bonds is 6. The number of hydrogen-bond acceptors (Lipinski definition) is 5. The average molecular weight is 376 g/mol. The lowest BCUT2D eigenvalue weighted by Gasteiger charge is -2.27. The second-order valence-corrected chi connectivity index (χ2v) is 7.03. The van der Waals surface area contributed by atoms with E-state index >= 15 is 0 Å². The summed E-state index contributed by atoms with van der Waals surface area (Å²) in [6, 6.07) is 12.0. The van der Waals surface area contributed by atoms with Gasteiger partial charge in [-0.3, -0.25) is 14.7 Å². The monoisotopic (exact) mass is 376 g/mol. The van der Waals surface area contributed by atoms with Crippen LogP contribution in [0.1, 0.15) is 30.2 Å². The van der Waals surface area contributed by atoms with Gasteiger partial charge in [0.25, 0.3) is 5.56 Å². The minimum Gasteiger partial charge on any atom is -0.494 e. The Kier molecular flexibility index (Phi) is 5.48. The van der Waals surface area contributed by atoms with Crippen LogP contribution in [0.3, 0.4) is 0 Å². The lowest BCUT2D eigenvalue weighted by Crippen LogP contribution is -2.35. The largest absolute Gasteiger partial charge is 0.494 e. The molecule has 0 atom stereocenters. The highest BCUT2D eigenvalue weighted by Gasteiger charge is 2.21. The highest BCUT2D eigenvalue weighted by molar-refractivity contribution is 5.53. The molecule has 0 spiro atoms. The van der Waals surface area contributed by atoms with Crippen LogP contribution in [0.5, 0.6) is 5.75 Å². The van der Waals surface area contributed by atoms with Crippen LogP contribution in [0.2, 0.25) is 0 Å². The van der Waals surface area contributed by atoms with Crippen molar-refractivity contribution in [2.75, 3.05) is 13.2 Å². The molecular weight excluding hydrogens is 352 g/mol. The van der Waals surface area contributed by atoms with Crippen molar-refractivity contribution in [1.29, 1.82) is 0 Å². The zero-order chi connectivity index (χ0) is 19.3. The van der Waals surface area contributed by atoms with Crippen molar-refractivity contribution >= 4 is 0 Å². The third-order valence-corrected chi connectivity index (χ3v) is 4.89. The predicted molar refractivity (Wildman–Crippen MR) is 108 cm³/mol. The number of H-pyrrole nitrogens is 1. The fourth-order valence-electron chi connectivity index (χ4n) is 3.42. The van der Waals surface area contributed by atoms with Gasteiger partial charge in [0.2, 0.25) is 0 Å². The van der Waals surface area contributed by atoms with E-state index in [2.05, 4.69) is 38.9 Å². The van der Waals surface area contributed by atoms with E-state index < -0.39 is 0 Å². The Balaban J connectivity index is 1.47. The maximum absolute atomic E-state index is 12.6. The van der Waals surface area contributed by atoms with E-state index in [1.165, 1.54) is 5.56 Å². The van der Waals surface area contributed by atoms with Crippen molar-refractivity contribution in [3.8, 4) is 17.1 Å². The molecule has 4 rings (SSSR count). The molecule has 3 aromatic rings. The van der Waals surface area contributed by atoms with Crippen LogP contribution < -0.4 is 10.3 Å². The Morgan fingerprint density at radius 1 is 1.21 bits per heavy atom. The molecule has 28 heavy (non-hydrogen) atoms. The number of pyridine rings is 1. The number of fused-ring (bicyclic) bond motifs is 1. The van der Waals surface area contributed by atoms with Gasteiger partial charge >= 0.3 is 0 Å². The molecule has 0 radical (unpaired) electrons. The maximum Gasteiger partial charge on any atom is 0.255 e. The topological polar surface area (TPSA) is 71.1 Å². The zero-order valence-electron chi connectivity index (χ0n) is 16.0. The Morgan fingerprint density at radius 2 is 2.07 bits per heavy atom. The van der Waals surface area contributed by atoms with Gasteiger partial charge in [-0.1, -0.05) is 19.1 Å². The van der Waals surface area contributed by atoms with Gasteiger partial charge in [-0.25, -0.2) is 4.98 Å². The molecule has 0 unspecified atom stereocenters. The van der Waals surface area contributed by atoms with E-state index in [1.807, 2.05) is 24.3 Å². The number of aromatic nitrogens is 3. The molecule has 1 aliphatic rings. The SMILES string of the molecule is CCCOc1ccc(CN2CCc3nc(-c4cccnc4)[nH]c(=O)c3C2)cc1. The Morgan fingerprint density at radius 3 is 2.82 bits per heavy atom. The van der Waals surface area contributed by atoms with Crippen molar-refractivity contribution in [3.05, 3.63) is 76.0 Å². The van der Waals surface area contributed by atoms with E-state index in [1.54, 1.807) is 12.4 Å². The molecule has 0 aliphatic carbocycles. The van der Waals surface area contributed by atoms with Gasteiger partial charge in [-0.2, -0.15) is 0 Å². The number of benzene rings is 1. The highest BCUT2D eigenvalue weighted by atomic mass is 16.5. The first-order chi connectivity index (χ1) is 13.7. The van der Waals surface area contributed by atoms with Crippen molar-refractivity contribution in [2.24, 2.45) is 0 Å². The van der Waals surface area contributed by atoms with E-state index in [0.29, 0.717) is 12.4 Å². The van der Waals surface area contributed by atoms with Gasteiger partial charge < -0.3 is 9.72 Å². The summed E-state index contributed by atoms with van der Waals surface area (Å²) in [7, 11) is 0. The number of nitrogens with zero attached hydrogens (tertiary/aromatic N) is 3. The average Bonchev–Trinajstić information content (AvgIpc) is 2.74. The molecule has 6 nitrogen and oxygen atoms in total. The zero-order valence-corrected chi connectivity index (χ0v) is 16.0. The molecule has 144 valence electrons. The lowest BCUT2D eigenvalue weighted by molar-refractivity contribution is 0.241. The van der Waals surface area contributed by atoms with Gasteiger partial charge in [0.1, 0.15) is 11.6 Å². The molecule has 6 heteroatoms. The summed E-state index contributed by atoms with van der Waals surface area (Å²) in [5, 5.41) is 0. The second-order valence-electron chi connectivity index (χ2n) is 7.03. The third-order valence-electron chi connectivity index (χ3n) is 4.89. The summed E-state index contributed by atoms with van der Waals surface area (Å²) in [5.74, 6) is 1.49. The smallest absolute Gasteiger partial charge is 0.255 e. The highest BCUT2D eigenvalue weighted by Crippen LogP contribution is 2.20. The van der Waals surface area contributed by atoms with E-state index in [4.69, 9.17) is 4.74 Å². The molecule has 0 bridgehead atoms. The third kappa shape index (κ3) is 4.12. The first-order valence-corrected chi connectivity index (χ1v) is 9.69. The molecule has 0 amide bonds. The van der Waals surface area contributed by atoms with Crippen LogP contribution in [0.15, 0.2) is 53.6 Å². The summed E-state index contributed by atoms with van der Waals surface area (Å²) >= 11 is 0. The predicted octanol–water partition coefficient (Wildman–Crippen LogP) is 3.18. The number of ether oxygens (including phenoxy) is 1. The van der Waals surface area contributed by atoms with Gasteiger partial charge in [0, 0.05) is 44.0 Å². The molecule has 2 aromatic heterocycles. The Bertz CT molecular complexity index is 984. The van der Waals surface area contributed by atoms with Gasteiger partial charge in [-0.15, -0.1) is 0 Å². The van der Waals surface area contributed by atoms with Crippen LogP contribution in [0.4, 0.5) is 0 Å². The van der Waals surface area contributed by atoms with Crippen molar-refractivity contribution in [1.82, 2.24) is 19.9 Å². The molecule has 0 saturated heterocycles. The first-order valence-electron chi connectivity index (χ1n) is 9.69. The summed E-state index contributed by atoms with van der Waals surface area (Å²) in [6.07, 6.45) is 5.19. The number of hydrogen-bond donors (Lipinski definition) is 1. The van der Waals surface area contributed by atoms with Gasteiger partial charge in [0.15, 0.2) is 0 Å². The fourth-order valence-corrected chi connectivity index (χ4v) is 3.42. The van der Waals surface area contributed by atoms with Crippen LogP contribution in [-0.2, 0) is 19.5 Å². The Hall–Kier alpha value is -2.99. The first kappa shape index (κ1) is 18.4. The molecule has 1 aromatic carbocycles. The Labute approximate surface area is 164 Å². The van der Waals surface area contributed by atoms with Gasteiger partial charge in [0.05, 0.1) is 17.9 Å². The number of aromatic amines is 1. The van der Waals surface area contributed by atoms with E-state index in [0.717, 1.165) is 55.1 Å². The summed E-state index contributed by atoms with van der Waals surface area (Å²) < 4.78 is 5.64.